The minimum Gasteiger partial charge on any atom is -0.301 e. The number of fused-ring (bicyclic) bond motifs is 1. The van der Waals surface area contributed by atoms with E-state index in [1.807, 2.05) is 0 Å². The van der Waals surface area contributed by atoms with E-state index in [1.165, 1.54) is 0 Å². The third-order valence-electron chi connectivity index (χ3n) is 1.77. The molecule has 1 aromatic rings. The quantitative estimate of drug-likeness (QED) is 0.381. The van der Waals surface area contributed by atoms with Crippen LogP contribution in [0.5, 0.6) is 0 Å². The normalized spacial score (nSPS) is 12.1. The number of carbonyl (C=O) groups excluding carboxylic acids is 3. The maximum atomic E-state index is 10.9. The number of nitrogens with one attached hydrogen (secondary N) is 1. The molecule has 84 valence electrons. The molecule has 1 aliphatic rings. The van der Waals surface area contributed by atoms with Crippen molar-refractivity contribution in [2.45, 2.75) is 6.92 Å². The van der Waals surface area contributed by atoms with Gasteiger partial charge < -0.3 is 4.89 Å². The number of amides is 2. The fraction of sp³-hybridized carbons (Fsp3) is 0.100. The molecule has 16 heavy (non-hydrogen) atoms. The molecule has 0 unspecified atom stereocenters. The van der Waals surface area contributed by atoms with Crippen molar-refractivity contribution >= 4 is 17.8 Å². The van der Waals surface area contributed by atoms with Crippen LogP contribution in [0.3, 0.4) is 0 Å². The summed E-state index contributed by atoms with van der Waals surface area (Å²) < 4.78 is 0. The molecular formula is C10H9NO5. The van der Waals surface area contributed by atoms with Gasteiger partial charge in [0.05, 0.1) is 11.1 Å². The average Bonchev–Trinajstić information content (AvgIpc) is 2.56. The fourth-order valence-electron chi connectivity index (χ4n) is 1.12. The van der Waals surface area contributed by atoms with E-state index in [-0.39, 0.29) is 11.8 Å². The summed E-state index contributed by atoms with van der Waals surface area (Å²) in [6, 6.07) is 6.74. The third-order valence-corrected chi connectivity index (χ3v) is 1.77. The van der Waals surface area contributed by atoms with E-state index in [9.17, 15) is 14.4 Å². The summed E-state index contributed by atoms with van der Waals surface area (Å²) in [5.74, 6) is -1.29. The molecule has 0 fully saturated rings. The van der Waals surface area contributed by atoms with Crippen molar-refractivity contribution in [3.63, 3.8) is 0 Å². The zero-order valence-corrected chi connectivity index (χ0v) is 8.39. The van der Waals surface area contributed by atoms with Gasteiger partial charge in [0.25, 0.3) is 11.8 Å². The van der Waals surface area contributed by atoms with Gasteiger partial charge in [0.2, 0.25) is 0 Å². The van der Waals surface area contributed by atoms with Crippen molar-refractivity contribution in [1.29, 1.82) is 0 Å². The molecule has 0 bridgehead atoms. The highest BCUT2D eigenvalue weighted by molar-refractivity contribution is 6.21. The molecule has 1 aliphatic heterocycles. The van der Waals surface area contributed by atoms with Gasteiger partial charge in [-0.05, 0) is 12.1 Å². The molecule has 2 amide bonds. The van der Waals surface area contributed by atoms with Crippen LogP contribution in [0.15, 0.2) is 24.3 Å². The zero-order chi connectivity index (χ0) is 12.1. The number of carbonyl (C=O) groups is 3. The summed E-state index contributed by atoms with van der Waals surface area (Å²) in [7, 11) is 0. The summed E-state index contributed by atoms with van der Waals surface area (Å²) in [5.41, 5.74) is 0.940. The Bertz CT molecular complexity index is 408. The number of benzene rings is 1. The molecular weight excluding hydrogens is 214 g/mol. The molecule has 6 heteroatoms. The topological polar surface area (TPSA) is 92.7 Å². The van der Waals surface area contributed by atoms with Crippen molar-refractivity contribution in [1.82, 2.24) is 5.32 Å². The second kappa shape index (κ2) is 5.04. The summed E-state index contributed by atoms with van der Waals surface area (Å²) in [6.07, 6.45) is 0. The van der Waals surface area contributed by atoms with Gasteiger partial charge in [-0.1, -0.05) is 12.1 Å². The van der Waals surface area contributed by atoms with Crippen molar-refractivity contribution < 1.29 is 24.5 Å². The van der Waals surface area contributed by atoms with Crippen LogP contribution in [0.2, 0.25) is 0 Å². The van der Waals surface area contributed by atoms with Crippen molar-refractivity contribution in [2.24, 2.45) is 0 Å². The lowest BCUT2D eigenvalue weighted by molar-refractivity contribution is -0.231. The minimum atomic E-state index is -0.690. The van der Waals surface area contributed by atoms with Crippen LogP contribution >= 0.6 is 0 Å². The van der Waals surface area contributed by atoms with E-state index in [2.05, 4.69) is 10.2 Å². The van der Waals surface area contributed by atoms with Gasteiger partial charge in [-0.25, -0.2) is 4.79 Å². The first kappa shape index (κ1) is 11.9. The second-order valence-electron chi connectivity index (χ2n) is 2.91. The Balaban J connectivity index is 0.000000221. The molecule has 1 heterocycles. The Labute approximate surface area is 90.8 Å². The highest BCUT2D eigenvalue weighted by atomic mass is 17.1. The minimum absolute atomic E-state index is 0.300. The summed E-state index contributed by atoms with van der Waals surface area (Å²) in [5, 5.41) is 9.50. The Morgan fingerprint density at radius 2 is 1.56 bits per heavy atom. The number of hydrogen-bond acceptors (Lipinski definition) is 5. The number of imide groups is 1. The predicted octanol–water partition coefficient (Wildman–Crippen LogP) is 0.593. The van der Waals surface area contributed by atoms with Crippen LogP contribution in [0.25, 0.3) is 0 Å². The predicted molar refractivity (Wildman–Crippen MR) is 52.6 cm³/mol. The van der Waals surface area contributed by atoms with Gasteiger partial charge in [-0.15, -0.1) is 0 Å². The molecule has 6 nitrogen and oxygen atoms in total. The van der Waals surface area contributed by atoms with E-state index in [4.69, 9.17) is 5.26 Å². The maximum absolute atomic E-state index is 10.9. The SMILES string of the molecule is CC(=O)OO.O=C1NC(=O)c2ccccc21. The van der Waals surface area contributed by atoms with E-state index in [0.29, 0.717) is 11.1 Å². The van der Waals surface area contributed by atoms with E-state index in [1.54, 1.807) is 24.3 Å². The molecule has 1 aromatic carbocycles. The summed E-state index contributed by atoms with van der Waals surface area (Å²) in [6.45, 7) is 1.11. The lowest BCUT2D eigenvalue weighted by Gasteiger charge is -1.88. The standard InChI is InChI=1S/C8H5NO2.C2H4O3/c10-7-5-3-1-2-4-6(5)8(11)9-7;1-2(3)5-4/h1-4H,(H,9,10,11);4H,1H3. The van der Waals surface area contributed by atoms with Crippen molar-refractivity contribution in [2.75, 3.05) is 0 Å². The molecule has 0 saturated carbocycles. The molecule has 2 N–H and O–H groups in total. The second-order valence-corrected chi connectivity index (χ2v) is 2.91. The lowest BCUT2D eigenvalue weighted by Crippen LogP contribution is -2.19. The first-order chi connectivity index (χ1) is 7.56. The van der Waals surface area contributed by atoms with Gasteiger partial charge in [0.1, 0.15) is 0 Å². The van der Waals surface area contributed by atoms with E-state index in [0.717, 1.165) is 6.92 Å². The van der Waals surface area contributed by atoms with Crippen LogP contribution in [-0.2, 0) is 9.68 Å². The molecule has 0 spiro atoms. The maximum Gasteiger partial charge on any atom is 0.339 e. The molecule has 0 atom stereocenters. The third kappa shape index (κ3) is 2.64. The van der Waals surface area contributed by atoms with Gasteiger partial charge >= 0.3 is 5.97 Å². The Hall–Kier alpha value is -2.21. The van der Waals surface area contributed by atoms with Gasteiger partial charge in [-0.3, -0.25) is 14.9 Å². The molecule has 0 aliphatic carbocycles. The highest BCUT2D eigenvalue weighted by Crippen LogP contribution is 2.13. The van der Waals surface area contributed by atoms with Crippen molar-refractivity contribution in [3.8, 4) is 0 Å². The molecule has 2 rings (SSSR count). The Kier molecular flexibility index (Phi) is 3.73. The molecule has 0 saturated heterocycles. The van der Waals surface area contributed by atoms with Crippen LogP contribution in [-0.4, -0.2) is 23.0 Å². The zero-order valence-electron chi connectivity index (χ0n) is 8.39. The van der Waals surface area contributed by atoms with Gasteiger partial charge in [0.15, 0.2) is 0 Å². The summed E-state index contributed by atoms with van der Waals surface area (Å²) >= 11 is 0. The number of hydrogen-bond donors (Lipinski definition) is 2. The monoisotopic (exact) mass is 223 g/mol. The highest BCUT2D eigenvalue weighted by Gasteiger charge is 2.25. The van der Waals surface area contributed by atoms with Gasteiger partial charge in [-0.2, -0.15) is 5.26 Å². The van der Waals surface area contributed by atoms with Crippen molar-refractivity contribution in [3.05, 3.63) is 35.4 Å². The number of rotatable bonds is 0. The van der Waals surface area contributed by atoms with E-state index >= 15 is 0 Å². The summed E-state index contributed by atoms with van der Waals surface area (Å²) in [4.78, 5) is 34.3. The largest absolute Gasteiger partial charge is 0.339 e. The Morgan fingerprint density at radius 1 is 1.19 bits per heavy atom. The lowest BCUT2D eigenvalue weighted by atomic mass is 10.1. The van der Waals surface area contributed by atoms with E-state index < -0.39 is 5.97 Å². The smallest absolute Gasteiger partial charge is 0.301 e. The van der Waals surface area contributed by atoms with Gasteiger partial charge in [0, 0.05) is 6.92 Å². The molecule has 0 aromatic heterocycles. The fourth-order valence-corrected chi connectivity index (χ4v) is 1.12. The first-order valence-corrected chi connectivity index (χ1v) is 4.33. The molecule has 0 radical (unpaired) electrons. The Morgan fingerprint density at radius 3 is 1.88 bits per heavy atom. The van der Waals surface area contributed by atoms with Crippen LogP contribution in [0, 0.1) is 0 Å². The van der Waals surface area contributed by atoms with Crippen LogP contribution < -0.4 is 5.32 Å². The van der Waals surface area contributed by atoms with Crippen LogP contribution in [0.1, 0.15) is 27.6 Å². The van der Waals surface area contributed by atoms with Crippen LogP contribution in [0.4, 0.5) is 0 Å². The average molecular weight is 223 g/mol. The first-order valence-electron chi connectivity index (χ1n) is 4.33.